The summed E-state index contributed by atoms with van der Waals surface area (Å²) < 4.78 is 1.97. The molecule has 9 nitrogen and oxygen atoms in total. The highest BCUT2D eigenvalue weighted by atomic mass is 16.3. The topological polar surface area (TPSA) is 104 Å². The molecule has 2 unspecified atom stereocenters. The first-order valence-corrected chi connectivity index (χ1v) is 9.86. The molecule has 0 amide bonds. The maximum absolute atomic E-state index is 10.2. The number of aromatic nitrogens is 5. The Balaban J connectivity index is 1.46. The van der Waals surface area contributed by atoms with E-state index in [0.717, 1.165) is 68.2 Å². The van der Waals surface area contributed by atoms with Crippen molar-refractivity contribution < 1.29 is 5.11 Å². The van der Waals surface area contributed by atoms with Gasteiger partial charge in [0, 0.05) is 25.3 Å². The van der Waals surface area contributed by atoms with Crippen LogP contribution < -0.4 is 15.5 Å². The van der Waals surface area contributed by atoms with Crippen LogP contribution in [-0.2, 0) is 0 Å². The minimum absolute atomic E-state index is 0.346. The van der Waals surface area contributed by atoms with Crippen molar-refractivity contribution in [2.45, 2.75) is 38.0 Å². The smallest absolute Gasteiger partial charge is 0.223 e. The van der Waals surface area contributed by atoms with Crippen LogP contribution in [0.4, 0.5) is 11.8 Å². The van der Waals surface area contributed by atoms with E-state index in [9.17, 15) is 5.11 Å². The minimum atomic E-state index is -0.476. The van der Waals surface area contributed by atoms with Gasteiger partial charge in [0.1, 0.15) is 12.0 Å². The highest BCUT2D eigenvalue weighted by molar-refractivity contribution is 5.62. The van der Waals surface area contributed by atoms with Gasteiger partial charge in [-0.2, -0.15) is 0 Å². The largest absolute Gasteiger partial charge is 0.374 e. The first-order valence-electron chi connectivity index (χ1n) is 9.86. The van der Waals surface area contributed by atoms with E-state index < -0.39 is 6.23 Å². The third-order valence-corrected chi connectivity index (χ3v) is 5.45. The van der Waals surface area contributed by atoms with Crippen LogP contribution in [0.25, 0.3) is 17.0 Å². The summed E-state index contributed by atoms with van der Waals surface area (Å²) in [4.78, 5) is 19.9. The van der Waals surface area contributed by atoms with Gasteiger partial charge in [-0.05, 0) is 38.3 Å². The van der Waals surface area contributed by atoms with Gasteiger partial charge in [0.05, 0.1) is 30.0 Å². The minimum Gasteiger partial charge on any atom is -0.374 e. The van der Waals surface area contributed by atoms with Gasteiger partial charge in [0.25, 0.3) is 0 Å². The number of hydrogen-bond donors (Lipinski definition) is 3. The molecule has 0 aliphatic carbocycles. The first kappa shape index (κ1) is 17.3. The molecule has 3 N–H and O–H groups in total. The maximum atomic E-state index is 10.2. The van der Waals surface area contributed by atoms with Crippen molar-refractivity contribution >= 4 is 17.4 Å². The third-order valence-electron chi connectivity index (χ3n) is 5.45. The van der Waals surface area contributed by atoms with Crippen LogP contribution in [0.2, 0.25) is 0 Å². The predicted molar refractivity (Wildman–Crippen MR) is 106 cm³/mol. The summed E-state index contributed by atoms with van der Waals surface area (Å²) in [5.74, 6) is 1.38. The average Bonchev–Trinajstić information content (AvgIpc) is 3.34. The van der Waals surface area contributed by atoms with E-state index in [1.807, 2.05) is 21.6 Å². The van der Waals surface area contributed by atoms with Crippen molar-refractivity contribution in [1.29, 1.82) is 0 Å². The first-order chi connectivity index (χ1) is 13.8. The lowest BCUT2D eigenvalue weighted by molar-refractivity contribution is 0.185. The van der Waals surface area contributed by atoms with E-state index in [4.69, 9.17) is 4.98 Å². The van der Waals surface area contributed by atoms with E-state index in [2.05, 4.69) is 25.6 Å². The molecule has 28 heavy (non-hydrogen) atoms. The molecule has 2 fully saturated rings. The number of aliphatic hydroxyl groups is 1. The molecular formula is C19H24N8O. The molecule has 2 saturated heterocycles. The molecule has 5 heterocycles. The van der Waals surface area contributed by atoms with Crippen molar-refractivity contribution in [2.75, 3.05) is 29.9 Å². The molecule has 0 bridgehead atoms. The molecular weight excluding hydrogens is 356 g/mol. The molecule has 3 aromatic heterocycles. The van der Waals surface area contributed by atoms with Crippen LogP contribution in [0.5, 0.6) is 0 Å². The summed E-state index contributed by atoms with van der Waals surface area (Å²) >= 11 is 0. The van der Waals surface area contributed by atoms with Crippen molar-refractivity contribution in [3.05, 3.63) is 30.9 Å². The Labute approximate surface area is 162 Å². The number of nitrogens with zero attached hydrogens (tertiary/aromatic N) is 6. The molecule has 3 aromatic rings. The van der Waals surface area contributed by atoms with Gasteiger partial charge in [0.2, 0.25) is 5.95 Å². The Morgan fingerprint density at radius 2 is 2.11 bits per heavy atom. The lowest BCUT2D eigenvalue weighted by Gasteiger charge is -2.23. The lowest BCUT2D eigenvalue weighted by Crippen LogP contribution is -2.38. The third kappa shape index (κ3) is 3.27. The Morgan fingerprint density at radius 1 is 1.14 bits per heavy atom. The monoisotopic (exact) mass is 380 g/mol. The average molecular weight is 380 g/mol. The molecule has 5 rings (SSSR count). The second-order valence-corrected chi connectivity index (χ2v) is 7.39. The lowest BCUT2D eigenvalue weighted by atomic mass is 10.1. The van der Waals surface area contributed by atoms with Crippen molar-refractivity contribution in [3.8, 4) is 11.4 Å². The summed E-state index contributed by atoms with van der Waals surface area (Å²) in [6.07, 6.45) is 10.8. The van der Waals surface area contributed by atoms with E-state index >= 15 is 0 Å². The van der Waals surface area contributed by atoms with Crippen molar-refractivity contribution in [2.24, 2.45) is 0 Å². The summed E-state index contributed by atoms with van der Waals surface area (Å²) in [6.45, 7) is 2.81. The molecule has 2 aliphatic rings. The van der Waals surface area contributed by atoms with Gasteiger partial charge in [-0.15, -0.1) is 0 Å². The van der Waals surface area contributed by atoms with Crippen LogP contribution in [0, 0.1) is 0 Å². The van der Waals surface area contributed by atoms with E-state index in [-0.39, 0.29) is 0 Å². The zero-order chi connectivity index (χ0) is 18.9. The van der Waals surface area contributed by atoms with E-state index in [0.29, 0.717) is 12.0 Å². The van der Waals surface area contributed by atoms with Gasteiger partial charge in [-0.3, -0.25) is 4.40 Å². The summed E-state index contributed by atoms with van der Waals surface area (Å²) in [7, 11) is 0. The fourth-order valence-corrected chi connectivity index (χ4v) is 3.96. The molecule has 2 atom stereocenters. The van der Waals surface area contributed by atoms with Crippen molar-refractivity contribution in [3.63, 3.8) is 0 Å². The number of anilines is 2. The van der Waals surface area contributed by atoms with E-state index in [1.165, 1.54) is 0 Å². The zero-order valence-corrected chi connectivity index (χ0v) is 15.6. The SMILES string of the molecule is OC1CCCN1c1cn2c(-c3ccnc(NC4CCCNC4)n3)cnc2cn1. The number of nitrogens with one attached hydrogen (secondary N) is 2. The van der Waals surface area contributed by atoms with Gasteiger partial charge in [0.15, 0.2) is 5.65 Å². The molecule has 0 saturated carbocycles. The maximum Gasteiger partial charge on any atom is 0.223 e. The Bertz CT molecular complexity index is 967. The van der Waals surface area contributed by atoms with Gasteiger partial charge in [-0.1, -0.05) is 0 Å². The fourth-order valence-electron chi connectivity index (χ4n) is 3.96. The number of rotatable bonds is 4. The predicted octanol–water partition coefficient (Wildman–Crippen LogP) is 1.27. The molecule has 146 valence electrons. The Hall–Kier alpha value is -2.78. The van der Waals surface area contributed by atoms with Gasteiger partial charge < -0.3 is 20.6 Å². The fraction of sp³-hybridized carbons (Fsp3) is 0.474. The highest BCUT2D eigenvalue weighted by Gasteiger charge is 2.24. The van der Waals surface area contributed by atoms with Crippen LogP contribution in [0.1, 0.15) is 25.7 Å². The van der Waals surface area contributed by atoms with Gasteiger partial charge in [-0.25, -0.2) is 19.9 Å². The summed E-state index contributed by atoms with van der Waals surface area (Å²) in [5.41, 5.74) is 2.42. The molecule has 9 heteroatoms. The van der Waals surface area contributed by atoms with E-state index in [1.54, 1.807) is 18.6 Å². The number of imidazole rings is 1. The van der Waals surface area contributed by atoms with Crippen LogP contribution in [0.15, 0.2) is 30.9 Å². The standard InChI is InChI=1S/C19H24N8O/c28-18-4-2-8-26(18)17-12-27-15(10-22-16(27)11-23-17)14-5-7-21-19(25-14)24-13-3-1-6-20-9-13/h5,7,10-13,18,20,28H,1-4,6,8-9H2,(H,21,24,25). The van der Waals surface area contributed by atoms with Crippen LogP contribution >= 0.6 is 0 Å². The van der Waals surface area contributed by atoms with Crippen LogP contribution in [-0.4, -0.2) is 61.3 Å². The highest BCUT2D eigenvalue weighted by Crippen LogP contribution is 2.25. The van der Waals surface area contributed by atoms with Crippen molar-refractivity contribution in [1.82, 2.24) is 29.7 Å². The second-order valence-electron chi connectivity index (χ2n) is 7.39. The quantitative estimate of drug-likeness (QED) is 0.622. The Kier molecular flexibility index (Phi) is 4.53. The number of fused-ring (bicyclic) bond motifs is 1. The normalized spacial score (nSPS) is 22.7. The second kappa shape index (κ2) is 7.33. The molecule has 0 aromatic carbocycles. The zero-order valence-electron chi connectivity index (χ0n) is 15.6. The molecule has 0 spiro atoms. The number of aliphatic hydroxyl groups excluding tert-OH is 1. The Morgan fingerprint density at radius 3 is 2.93 bits per heavy atom. The number of piperidine rings is 1. The molecule has 0 radical (unpaired) electrons. The van der Waals surface area contributed by atoms with Gasteiger partial charge >= 0.3 is 0 Å². The van der Waals surface area contributed by atoms with Crippen LogP contribution in [0.3, 0.4) is 0 Å². The summed E-state index contributed by atoms with van der Waals surface area (Å²) in [5, 5.41) is 17.0. The summed E-state index contributed by atoms with van der Waals surface area (Å²) in [6, 6.07) is 2.23. The molecule has 2 aliphatic heterocycles. The number of hydrogen-bond acceptors (Lipinski definition) is 8.